The summed E-state index contributed by atoms with van der Waals surface area (Å²) in [6.07, 6.45) is 0. The molecular formula is H7NO13S4. The molecule has 0 radical (unpaired) electrons. The van der Waals surface area contributed by atoms with Crippen LogP contribution in [0.1, 0.15) is 0 Å². The minimum absolute atomic E-state index is 0. The van der Waals surface area contributed by atoms with E-state index in [-0.39, 0.29) is 6.15 Å². The summed E-state index contributed by atoms with van der Waals surface area (Å²) in [5.74, 6) is 0. The van der Waals surface area contributed by atoms with Crippen LogP contribution in [-0.4, -0.2) is 47.7 Å². The average Bonchev–Trinajstić information content (AvgIpc) is 1.69. The molecule has 0 saturated heterocycles. The molecule has 0 fully saturated rings. The van der Waals surface area contributed by atoms with Gasteiger partial charge in [-0.15, -0.1) is 7.26 Å². The van der Waals surface area contributed by atoms with Crippen LogP contribution in [0.15, 0.2) is 0 Å². The first-order valence-corrected chi connectivity index (χ1v) is 7.69. The van der Waals surface area contributed by atoms with Gasteiger partial charge in [0.05, 0.1) is 0 Å². The van der Waals surface area contributed by atoms with Gasteiger partial charge in [-0.2, -0.15) is 29.5 Å². The lowest BCUT2D eigenvalue weighted by atomic mass is 14.0. The fraction of sp³-hybridized carbons (Fsp3) is 0. The van der Waals surface area contributed by atoms with Crippen LogP contribution in [0.2, 0.25) is 0 Å². The predicted molar refractivity (Wildman–Crippen MR) is 52.6 cm³/mol. The van der Waals surface area contributed by atoms with Crippen molar-refractivity contribution in [3.05, 3.63) is 0 Å². The Morgan fingerprint density at radius 3 is 1.00 bits per heavy atom. The van der Waals surface area contributed by atoms with E-state index in [4.69, 9.17) is 26.6 Å². The van der Waals surface area contributed by atoms with Crippen molar-refractivity contribution in [3.8, 4) is 0 Å². The Morgan fingerprint density at radius 2 is 0.889 bits per heavy atom. The summed E-state index contributed by atoms with van der Waals surface area (Å²) < 4.78 is 102. The molecule has 0 aliphatic carbocycles. The molecule has 0 aliphatic rings. The number of rotatable bonds is 4. The Morgan fingerprint density at radius 1 is 0.722 bits per heavy atom. The summed E-state index contributed by atoms with van der Waals surface area (Å²) in [5.41, 5.74) is 0. The van der Waals surface area contributed by atoms with Gasteiger partial charge in [0, 0.05) is 0 Å². The van der Waals surface area contributed by atoms with Gasteiger partial charge in [0.1, 0.15) is 0 Å². The van der Waals surface area contributed by atoms with Gasteiger partial charge in [-0.3, -0.25) is 18.2 Å². The number of hydrogen-bond donors (Lipinski definition) is 5. The first-order valence-electron chi connectivity index (χ1n) is 2.56. The predicted octanol–water partition coefficient (Wildman–Crippen LogP) is -2.29. The minimum Gasteiger partial charge on any atom is -0.344 e. The van der Waals surface area contributed by atoms with Crippen LogP contribution in [0.4, 0.5) is 0 Å². The first kappa shape index (κ1) is 22.9. The quantitative estimate of drug-likeness (QED) is 0.332. The molecule has 18 heavy (non-hydrogen) atoms. The molecule has 0 heterocycles. The summed E-state index contributed by atoms with van der Waals surface area (Å²) in [5, 5.41) is 0. The lowest BCUT2D eigenvalue weighted by Gasteiger charge is -1.95. The lowest BCUT2D eigenvalue weighted by molar-refractivity contribution is 0.356. The van der Waals surface area contributed by atoms with Gasteiger partial charge in [0.15, 0.2) is 0 Å². The maximum absolute atomic E-state index is 10.1. The second kappa shape index (κ2) is 8.00. The van der Waals surface area contributed by atoms with Crippen LogP contribution in [-0.2, 0) is 49.8 Å². The maximum atomic E-state index is 10.1. The fourth-order valence-electron chi connectivity index (χ4n) is 0.152. The van der Waals surface area contributed by atoms with E-state index in [1.54, 1.807) is 0 Å². The van der Waals surface area contributed by atoms with Crippen molar-refractivity contribution in [2.45, 2.75) is 0 Å². The Bertz CT molecular complexity index is 500. The van der Waals surface area contributed by atoms with E-state index < -0.39 is 42.6 Å². The van der Waals surface area contributed by atoms with Crippen molar-refractivity contribution in [1.29, 1.82) is 0 Å². The van der Waals surface area contributed by atoms with Gasteiger partial charge >= 0.3 is 42.6 Å². The molecule has 0 aromatic rings. The molecule has 0 aromatic carbocycles. The molecule has 0 aromatic heterocycles. The zero-order valence-electron chi connectivity index (χ0n) is 7.80. The van der Waals surface area contributed by atoms with Crippen molar-refractivity contribution >= 4 is 42.6 Å². The SMILES string of the molecule is N.O=S(=O)(O)O.O=S(OS(=O)(=O)O)OS(=O)(=O)O. The van der Waals surface area contributed by atoms with Crippen molar-refractivity contribution in [3.63, 3.8) is 0 Å². The average molecular weight is 357 g/mol. The Kier molecular flexibility index (Phi) is 10.2. The summed E-state index contributed by atoms with van der Waals surface area (Å²) in [6, 6.07) is 0. The highest BCUT2D eigenvalue weighted by molar-refractivity contribution is 7.97. The van der Waals surface area contributed by atoms with Crippen molar-refractivity contribution < 1.29 is 54.9 Å². The van der Waals surface area contributed by atoms with Crippen LogP contribution in [0.5, 0.6) is 0 Å². The normalized spacial score (nSPS) is 12.3. The number of hydrogen-bond acceptors (Lipinski definition) is 10. The Labute approximate surface area is 104 Å². The molecule has 18 heteroatoms. The molecule has 0 rings (SSSR count). The van der Waals surface area contributed by atoms with Crippen LogP contribution in [0.3, 0.4) is 0 Å². The topological polar surface area (TPSA) is 254 Å². The van der Waals surface area contributed by atoms with Crippen molar-refractivity contribution in [2.75, 3.05) is 0 Å². The summed E-state index contributed by atoms with van der Waals surface area (Å²) in [6.45, 7) is 0. The largest absolute Gasteiger partial charge is 0.412 e. The van der Waals surface area contributed by atoms with E-state index in [0.29, 0.717) is 0 Å². The molecular weight excluding hydrogens is 350 g/mol. The minimum atomic E-state index is -5.10. The van der Waals surface area contributed by atoms with E-state index in [2.05, 4.69) is 7.26 Å². The van der Waals surface area contributed by atoms with Gasteiger partial charge < -0.3 is 6.15 Å². The maximum Gasteiger partial charge on any atom is 0.412 e. The second-order valence-corrected chi connectivity index (χ2v) is 5.75. The molecule has 0 spiro atoms. The summed E-state index contributed by atoms with van der Waals surface area (Å²) in [4.78, 5) is 0. The Balaban J connectivity index is -0.000000321. The monoisotopic (exact) mass is 357 g/mol. The van der Waals surface area contributed by atoms with Crippen molar-refractivity contribution in [2.24, 2.45) is 0 Å². The standard InChI is InChI=1S/H3N.H2O9S3.H2O4S/c;1-10(8-11(2,3)4)9-12(5,6)7;1-5(2,3)4/h1H3;(H,2,3,4)(H,5,6,7);(H2,1,2,3,4). The van der Waals surface area contributed by atoms with Crippen LogP contribution in [0, 0.1) is 0 Å². The summed E-state index contributed by atoms with van der Waals surface area (Å²) >= 11 is -3.33. The first-order chi connectivity index (χ1) is 7.10. The van der Waals surface area contributed by atoms with Crippen LogP contribution < -0.4 is 6.15 Å². The van der Waals surface area contributed by atoms with Crippen LogP contribution in [0.25, 0.3) is 0 Å². The molecule has 0 amide bonds. The van der Waals surface area contributed by atoms with Gasteiger partial charge in [-0.05, 0) is 0 Å². The van der Waals surface area contributed by atoms with E-state index in [1.165, 1.54) is 0 Å². The highest BCUT2D eigenvalue weighted by atomic mass is 32.3. The molecule has 0 saturated carbocycles. The molecule has 0 bridgehead atoms. The third-order valence-corrected chi connectivity index (χ3v) is 2.55. The highest BCUT2D eigenvalue weighted by Gasteiger charge is 2.19. The molecule has 0 unspecified atom stereocenters. The zero-order chi connectivity index (χ0) is 14.5. The van der Waals surface area contributed by atoms with E-state index in [1.807, 2.05) is 0 Å². The smallest absolute Gasteiger partial charge is 0.344 e. The molecule has 0 aliphatic heterocycles. The zero-order valence-corrected chi connectivity index (χ0v) is 11.1. The Hall–Kier alpha value is -0.280. The highest BCUT2D eigenvalue weighted by Crippen LogP contribution is 1.98. The van der Waals surface area contributed by atoms with E-state index in [0.717, 1.165) is 0 Å². The molecule has 0 atom stereocenters. The lowest BCUT2D eigenvalue weighted by Crippen LogP contribution is -2.13. The van der Waals surface area contributed by atoms with Gasteiger partial charge in [-0.25, -0.2) is 0 Å². The third kappa shape index (κ3) is 36.1. The van der Waals surface area contributed by atoms with Crippen molar-refractivity contribution in [1.82, 2.24) is 6.15 Å². The third-order valence-electron chi connectivity index (χ3n) is 0.283. The molecule has 14 nitrogen and oxygen atoms in total. The van der Waals surface area contributed by atoms with Gasteiger partial charge in [0.2, 0.25) is 0 Å². The fourth-order valence-corrected chi connectivity index (χ4v) is 1.57. The van der Waals surface area contributed by atoms with Gasteiger partial charge in [-0.1, -0.05) is 0 Å². The van der Waals surface area contributed by atoms with E-state index in [9.17, 15) is 21.0 Å². The van der Waals surface area contributed by atoms with Gasteiger partial charge in [0.25, 0.3) is 0 Å². The second-order valence-electron chi connectivity index (χ2n) is 1.64. The molecule has 114 valence electrons. The molecule has 7 N–H and O–H groups in total. The van der Waals surface area contributed by atoms with Crippen LogP contribution >= 0.6 is 0 Å². The summed E-state index contributed by atoms with van der Waals surface area (Å²) in [7, 11) is -14.9. The van der Waals surface area contributed by atoms with E-state index >= 15 is 0 Å².